The number of hydrogen-bond acceptors (Lipinski definition) is 10. The lowest BCUT2D eigenvalue weighted by atomic mass is 10.1. The van der Waals surface area contributed by atoms with E-state index in [1.807, 2.05) is 0 Å². The second-order valence-corrected chi connectivity index (χ2v) is 8.88. The maximum atomic E-state index is 12.9. The molecule has 2 N–H and O–H groups in total. The number of hydrazone groups is 1. The number of amides is 2. The van der Waals surface area contributed by atoms with Crippen LogP contribution in [0.15, 0.2) is 90.0 Å². The van der Waals surface area contributed by atoms with Crippen LogP contribution in [0.25, 0.3) is 0 Å². The number of anilines is 1. The Morgan fingerprint density at radius 3 is 2.00 bits per heavy atom. The molecule has 0 aliphatic heterocycles. The van der Waals surface area contributed by atoms with Crippen LogP contribution in [0.4, 0.5) is 11.4 Å². The van der Waals surface area contributed by atoms with Crippen molar-refractivity contribution in [3.05, 3.63) is 117 Å². The third kappa shape index (κ3) is 7.33. The predicted molar refractivity (Wildman–Crippen MR) is 160 cm³/mol. The Morgan fingerprint density at radius 2 is 1.41 bits per heavy atom. The summed E-state index contributed by atoms with van der Waals surface area (Å²) in [7, 11) is 4.34. The van der Waals surface area contributed by atoms with Gasteiger partial charge < -0.3 is 24.3 Å². The van der Waals surface area contributed by atoms with Gasteiger partial charge in [0.25, 0.3) is 17.5 Å². The van der Waals surface area contributed by atoms with Gasteiger partial charge in [0, 0.05) is 34.5 Å². The van der Waals surface area contributed by atoms with Crippen LogP contribution in [0.3, 0.4) is 0 Å². The van der Waals surface area contributed by atoms with E-state index in [2.05, 4.69) is 15.8 Å². The highest BCUT2D eigenvalue weighted by Crippen LogP contribution is 2.38. The second-order valence-electron chi connectivity index (χ2n) is 8.88. The molecule has 0 aromatic heterocycles. The number of ether oxygens (including phenoxy) is 4. The van der Waals surface area contributed by atoms with E-state index >= 15 is 0 Å². The standard InChI is InChI=1S/C31H26N4O9/c1-41-26-16-21(17-27(42-2)28(26)43-3)29(36)33-23-11-9-19(10-12-23)30(37)34-32-18-22-15-24(35(39)40)13-14-25(22)44-31(38)20-7-5-4-6-8-20/h4-18H,1-3H3,(H,33,36)(H,34,37)/b32-18+. The Bertz CT molecular complexity index is 1700. The topological polar surface area (TPSA) is 168 Å². The third-order valence-corrected chi connectivity index (χ3v) is 6.12. The number of esters is 1. The normalized spacial score (nSPS) is 10.5. The fraction of sp³-hybridized carbons (Fsp3) is 0.0968. The summed E-state index contributed by atoms with van der Waals surface area (Å²) >= 11 is 0. The molecule has 0 unspecified atom stereocenters. The summed E-state index contributed by atoms with van der Waals surface area (Å²) in [6, 6.07) is 20.8. The van der Waals surface area contributed by atoms with Gasteiger partial charge in [-0.1, -0.05) is 18.2 Å². The van der Waals surface area contributed by atoms with Crippen LogP contribution in [0, 0.1) is 10.1 Å². The minimum Gasteiger partial charge on any atom is -0.493 e. The summed E-state index contributed by atoms with van der Waals surface area (Å²) in [5, 5.41) is 17.9. The molecule has 13 heteroatoms. The van der Waals surface area contributed by atoms with Crippen molar-refractivity contribution in [2.24, 2.45) is 5.10 Å². The third-order valence-electron chi connectivity index (χ3n) is 6.12. The lowest BCUT2D eigenvalue weighted by molar-refractivity contribution is -0.384. The molecule has 0 heterocycles. The molecular weight excluding hydrogens is 572 g/mol. The van der Waals surface area contributed by atoms with E-state index in [9.17, 15) is 24.5 Å². The van der Waals surface area contributed by atoms with Gasteiger partial charge in [-0.05, 0) is 54.6 Å². The molecule has 0 aliphatic carbocycles. The van der Waals surface area contributed by atoms with Crippen molar-refractivity contribution in [3.8, 4) is 23.0 Å². The average molecular weight is 599 g/mol. The smallest absolute Gasteiger partial charge is 0.343 e. The largest absolute Gasteiger partial charge is 0.493 e. The molecular formula is C31H26N4O9. The summed E-state index contributed by atoms with van der Waals surface area (Å²) in [6.07, 6.45) is 1.13. The SMILES string of the molecule is COc1cc(C(=O)Nc2ccc(C(=O)N/N=C/c3cc([N+](=O)[O-])ccc3OC(=O)c3ccccc3)cc2)cc(OC)c1OC. The number of carbonyl (C=O) groups is 3. The maximum Gasteiger partial charge on any atom is 0.343 e. The van der Waals surface area contributed by atoms with Gasteiger partial charge in [-0.15, -0.1) is 0 Å². The molecule has 0 spiro atoms. The number of rotatable bonds is 11. The Hall–Kier alpha value is -6.24. The fourth-order valence-electron chi connectivity index (χ4n) is 3.92. The van der Waals surface area contributed by atoms with E-state index in [1.165, 1.54) is 69.9 Å². The number of non-ortho nitro benzene ring substituents is 1. The van der Waals surface area contributed by atoms with Gasteiger partial charge in [0.1, 0.15) is 5.75 Å². The Labute approximate surface area is 251 Å². The van der Waals surface area contributed by atoms with Crippen LogP contribution in [-0.4, -0.2) is 50.3 Å². The predicted octanol–water partition coefficient (Wildman–Crippen LogP) is 4.86. The first-order chi connectivity index (χ1) is 21.2. The number of carbonyl (C=O) groups excluding carboxylic acids is 3. The van der Waals surface area contributed by atoms with Gasteiger partial charge >= 0.3 is 5.97 Å². The molecule has 4 rings (SSSR count). The Morgan fingerprint density at radius 1 is 0.750 bits per heavy atom. The number of nitro groups is 1. The molecule has 0 radical (unpaired) electrons. The Balaban J connectivity index is 1.43. The Kier molecular flexibility index (Phi) is 9.84. The summed E-state index contributed by atoms with van der Waals surface area (Å²) in [5.74, 6) is -0.735. The average Bonchev–Trinajstić information content (AvgIpc) is 3.05. The van der Waals surface area contributed by atoms with Crippen molar-refractivity contribution in [1.82, 2.24) is 5.43 Å². The quantitative estimate of drug-likeness (QED) is 0.0806. The lowest BCUT2D eigenvalue weighted by Crippen LogP contribution is -2.18. The highest BCUT2D eigenvalue weighted by atomic mass is 16.6. The minimum atomic E-state index is -0.671. The number of nitro benzene ring substituents is 1. The zero-order valence-electron chi connectivity index (χ0n) is 23.7. The lowest BCUT2D eigenvalue weighted by Gasteiger charge is -2.14. The van der Waals surface area contributed by atoms with E-state index in [0.717, 1.165) is 12.3 Å². The highest BCUT2D eigenvalue weighted by molar-refractivity contribution is 6.05. The van der Waals surface area contributed by atoms with E-state index < -0.39 is 22.7 Å². The van der Waals surface area contributed by atoms with Crippen molar-refractivity contribution >= 4 is 35.4 Å². The molecule has 0 saturated heterocycles. The van der Waals surface area contributed by atoms with Gasteiger partial charge in [0.05, 0.1) is 38.0 Å². The number of nitrogens with zero attached hydrogens (tertiary/aromatic N) is 2. The number of methoxy groups -OCH3 is 3. The molecule has 13 nitrogen and oxygen atoms in total. The first-order valence-electron chi connectivity index (χ1n) is 12.8. The van der Waals surface area contributed by atoms with Gasteiger partial charge in [0.15, 0.2) is 11.5 Å². The molecule has 44 heavy (non-hydrogen) atoms. The molecule has 224 valence electrons. The summed E-state index contributed by atoms with van der Waals surface area (Å²) in [5.41, 5.74) is 3.31. The molecule has 4 aromatic carbocycles. The maximum absolute atomic E-state index is 12.9. The summed E-state index contributed by atoms with van der Waals surface area (Å²) in [4.78, 5) is 48.7. The fourth-order valence-corrected chi connectivity index (χ4v) is 3.92. The van der Waals surface area contributed by atoms with Gasteiger partial charge in [0.2, 0.25) is 5.75 Å². The molecule has 0 atom stereocenters. The first-order valence-corrected chi connectivity index (χ1v) is 12.8. The van der Waals surface area contributed by atoms with E-state index in [0.29, 0.717) is 22.9 Å². The van der Waals surface area contributed by atoms with Crippen molar-refractivity contribution < 1.29 is 38.3 Å². The van der Waals surface area contributed by atoms with Crippen molar-refractivity contribution in [3.63, 3.8) is 0 Å². The molecule has 2 amide bonds. The zero-order valence-corrected chi connectivity index (χ0v) is 23.7. The van der Waals surface area contributed by atoms with Crippen LogP contribution in [-0.2, 0) is 0 Å². The van der Waals surface area contributed by atoms with E-state index in [1.54, 1.807) is 30.3 Å². The molecule has 0 aliphatic rings. The van der Waals surface area contributed by atoms with Crippen molar-refractivity contribution in [1.29, 1.82) is 0 Å². The van der Waals surface area contributed by atoms with Crippen LogP contribution in [0.1, 0.15) is 36.6 Å². The molecule has 0 saturated carbocycles. The number of benzene rings is 4. The number of hydrogen-bond donors (Lipinski definition) is 2. The van der Waals surface area contributed by atoms with Crippen LogP contribution in [0.5, 0.6) is 23.0 Å². The van der Waals surface area contributed by atoms with E-state index in [4.69, 9.17) is 18.9 Å². The molecule has 4 aromatic rings. The van der Waals surface area contributed by atoms with Crippen molar-refractivity contribution in [2.45, 2.75) is 0 Å². The van der Waals surface area contributed by atoms with Crippen LogP contribution < -0.4 is 29.7 Å². The first kappa shape index (κ1) is 30.7. The number of nitrogens with one attached hydrogen (secondary N) is 2. The van der Waals surface area contributed by atoms with Gasteiger partial charge in [-0.2, -0.15) is 5.10 Å². The van der Waals surface area contributed by atoms with Gasteiger partial charge in [-0.25, -0.2) is 10.2 Å². The monoisotopic (exact) mass is 598 g/mol. The summed E-state index contributed by atoms with van der Waals surface area (Å²) in [6.45, 7) is 0. The second kappa shape index (κ2) is 14.1. The molecule has 0 bridgehead atoms. The zero-order chi connectivity index (χ0) is 31.6. The molecule has 0 fully saturated rings. The van der Waals surface area contributed by atoms with E-state index in [-0.39, 0.29) is 33.7 Å². The van der Waals surface area contributed by atoms with Gasteiger partial charge in [-0.3, -0.25) is 19.7 Å². The summed E-state index contributed by atoms with van der Waals surface area (Å²) < 4.78 is 21.3. The van der Waals surface area contributed by atoms with Crippen LogP contribution in [0.2, 0.25) is 0 Å². The van der Waals surface area contributed by atoms with Crippen LogP contribution >= 0.6 is 0 Å². The highest BCUT2D eigenvalue weighted by Gasteiger charge is 2.18. The van der Waals surface area contributed by atoms with Crippen molar-refractivity contribution in [2.75, 3.05) is 26.6 Å². The minimum absolute atomic E-state index is 0.00893.